The first-order chi connectivity index (χ1) is 19.9. The highest BCUT2D eigenvalue weighted by Crippen LogP contribution is 2.29. The highest BCUT2D eigenvalue weighted by molar-refractivity contribution is 5.99. The Hall–Kier alpha value is -3.55. The maximum Gasteiger partial charge on any atom is 0.408 e. The predicted octanol–water partition coefficient (Wildman–Crippen LogP) is 7.42. The minimum Gasteiger partial charge on any atom is -0.497 e. The predicted molar refractivity (Wildman–Crippen MR) is 169 cm³/mol. The first kappa shape index (κ1) is 34.7. The summed E-state index contributed by atoms with van der Waals surface area (Å²) in [6.45, 7) is 13.8. The largest absolute Gasteiger partial charge is 0.497 e. The van der Waals surface area contributed by atoms with E-state index < -0.39 is 23.8 Å². The second kappa shape index (κ2) is 16.8. The van der Waals surface area contributed by atoms with Crippen molar-refractivity contribution in [3.63, 3.8) is 0 Å². The molecule has 0 saturated heterocycles. The van der Waals surface area contributed by atoms with E-state index in [-0.39, 0.29) is 17.7 Å². The lowest BCUT2D eigenvalue weighted by Crippen LogP contribution is -2.53. The summed E-state index contributed by atoms with van der Waals surface area (Å²) in [6, 6.07) is 13.0. The van der Waals surface area contributed by atoms with Gasteiger partial charge in [-0.15, -0.1) is 0 Å². The highest BCUT2D eigenvalue weighted by Gasteiger charge is 2.37. The summed E-state index contributed by atoms with van der Waals surface area (Å²) in [4.78, 5) is 43.0. The number of ether oxygens (including phenoxy) is 2. The quantitative estimate of drug-likeness (QED) is 0.213. The molecule has 3 amide bonds. The van der Waals surface area contributed by atoms with E-state index in [2.05, 4.69) is 17.6 Å². The minimum absolute atomic E-state index is 0.116. The van der Waals surface area contributed by atoms with E-state index in [9.17, 15) is 14.4 Å². The molecule has 0 fully saturated rings. The lowest BCUT2D eigenvalue weighted by Gasteiger charge is -2.35. The van der Waals surface area contributed by atoms with Gasteiger partial charge in [0.05, 0.1) is 7.11 Å². The summed E-state index contributed by atoms with van der Waals surface area (Å²) in [5.74, 6) is 0.169. The zero-order chi connectivity index (χ0) is 31.3. The summed E-state index contributed by atoms with van der Waals surface area (Å²) in [5.41, 5.74) is 1.53. The molecule has 0 aliphatic heterocycles. The van der Waals surface area contributed by atoms with Crippen molar-refractivity contribution in [2.24, 2.45) is 5.92 Å². The van der Waals surface area contributed by atoms with E-state index in [4.69, 9.17) is 9.47 Å². The van der Waals surface area contributed by atoms with E-state index in [0.29, 0.717) is 24.4 Å². The van der Waals surface area contributed by atoms with E-state index in [1.165, 1.54) is 0 Å². The summed E-state index contributed by atoms with van der Waals surface area (Å²) in [7, 11) is 1.59. The number of benzene rings is 2. The van der Waals surface area contributed by atoms with Crippen molar-refractivity contribution in [3.8, 4) is 5.75 Å². The van der Waals surface area contributed by atoms with Crippen molar-refractivity contribution in [1.29, 1.82) is 0 Å². The fourth-order valence-electron chi connectivity index (χ4n) is 4.82. The van der Waals surface area contributed by atoms with Gasteiger partial charge in [0.2, 0.25) is 5.91 Å². The van der Waals surface area contributed by atoms with E-state index >= 15 is 0 Å². The zero-order valence-corrected chi connectivity index (χ0v) is 26.8. The first-order valence-electron chi connectivity index (χ1n) is 15.2. The molecule has 0 saturated carbocycles. The molecule has 0 aromatic heterocycles. The molecular weight excluding hydrogens is 530 g/mol. The van der Waals surface area contributed by atoms with Crippen LogP contribution in [0, 0.1) is 12.8 Å². The fraction of sp³-hybridized carbons (Fsp3) is 0.559. The number of amides is 3. The maximum absolute atomic E-state index is 14.4. The van der Waals surface area contributed by atoms with Crippen LogP contribution < -0.4 is 15.4 Å². The second-order valence-corrected chi connectivity index (χ2v) is 12.3. The summed E-state index contributed by atoms with van der Waals surface area (Å²) in [5, 5.41) is 5.84. The number of carbonyl (C=O) groups is 3. The normalized spacial score (nSPS) is 12.8. The molecule has 42 heavy (non-hydrogen) atoms. The maximum atomic E-state index is 14.4. The van der Waals surface area contributed by atoms with Gasteiger partial charge in [-0.3, -0.25) is 9.59 Å². The molecule has 0 aliphatic carbocycles. The number of nitrogens with zero attached hydrogens (tertiary/aromatic N) is 1. The number of rotatable bonds is 15. The van der Waals surface area contributed by atoms with Crippen LogP contribution in [0.25, 0.3) is 0 Å². The third kappa shape index (κ3) is 11.4. The Morgan fingerprint density at radius 1 is 0.929 bits per heavy atom. The molecule has 232 valence electrons. The Kier molecular flexibility index (Phi) is 13.8. The molecule has 2 N–H and O–H groups in total. The zero-order valence-electron chi connectivity index (χ0n) is 26.8. The molecular formula is C34H51N3O5. The van der Waals surface area contributed by atoms with Gasteiger partial charge in [0.1, 0.15) is 23.4 Å². The SMILES string of the molecule is CCCCCCCN(C(=O)C(CC(C)C)NC(=O)OC(C)(C)C)C(C(=O)Nc1ccc(OC)cc1)c1ccccc1C. The van der Waals surface area contributed by atoms with E-state index in [1.54, 1.807) is 57.0 Å². The fourth-order valence-corrected chi connectivity index (χ4v) is 4.82. The molecule has 0 bridgehead atoms. The average molecular weight is 582 g/mol. The van der Waals surface area contributed by atoms with Gasteiger partial charge in [-0.05, 0) is 81.8 Å². The Labute approximate surface area is 252 Å². The number of hydrogen-bond donors (Lipinski definition) is 2. The van der Waals surface area contributed by atoms with Gasteiger partial charge in [-0.1, -0.05) is 70.7 Å². The number of hydrogen-bond acceptors (Lipinski definition) is 5. The van der Waals surface area contributed by atoms with Gasteiger partial charge in [-0.25, -0.2) is 4.79 Å². The van der Waals surface area contributed by atoms with Crippen molar-refractivity contribution in [2.75, 3.05) is 19.0 Å². The highest BCUT2D eigenvalue weighted by atomic mass is 16.6. The standard InChI is InChI=1S/C34H51N3O5/c1-9-10-11-12-15-22-37(32(39)29(23-24(2)3)36-33(40)42-34(5,6)7)30(28-17-14-13-16-25(28)4)31(38)35-26-18-20-27(41-8)21-19-26/h13-14,16-21,24,29-30H,9-12,15,22-23H2,1-8H3,(H,35,38)(H,36,40). The number of methoxy groups -OCH3 is 1. The summed E-state index contributed by atoms with van der Waals surface area (Å²) >= 11 is 0. The lowest BCUT2D eigenvalue weighted by atomic mass is 9.96. The third-order valence-corrected chi connectivity index (χ3v) is 6.88. The van der Waals surface area contributed by atoms with Crippen molar-refractivity contribution in [1.82, 2.24) is 10.2 Å². The molecule has 8 heteroatoms. The molecule has 8 nitrogen and oxygen atoms in total. The number of aryl methyl sites for hydroxylation is 1. The molecule has 2 unspecified atom stereocenters. The number of alkyl carbamates (subject to hydrolysis) is 1. The van der Waals surface area contributed by atoms with Gasteiger partial charge in [-0.2, -0.15) is 0 Å². The van der Waals surface area contributed by atoms with Crippen LogP contribution in [0.2, 0.25) is 0 Å². The third-order valence-electron chi connectivity index (χ3n) is 6.88. The van der Waals surface area contributed by atoms with Gasteiger partial charge in [0.15, 0.2) is 0 Å². The molecule has 0 radical (unpaired) electrons. The van der Waals surface area contributed by atoms with Crippen LogP contribution >= 0.6 is 0 Å². The van der Waals surface area contributed by atoms with Crippen LogP contribution in [0.5, 0.6) is 5.75 Å². The van der Waals surface area contributed by atoms with Gasteiger partial charge in [0.25, 0.3) is 5.91 Å². The lowest BCUT2D eigenvalue weighted by molar-refractivity contribution is -0.141. The topological polar surface area (TPSA) is 97.0 Å². The Morgan fingerprint density at radius 2 is 1.57 bits per heavy atom. The van der Waals surface area contributed by atoms with Gasteiger partial charge >= 0.3 is 6.09 Å². The molecule has 0 spiro atoms. The Balaban J connectivity index is 2.53. The minimum atomic E-state index is -0.901. The van der Waals surface area contributed by atoms with E-state index in [0.717, 1.165) is 43.2 Å². The second-order valence-electron chi connectivity index (χ2n) is 12.3. The van der Waals surface area contributed by atoms with Gasteiger partial charge in [0, 0.05) is 12.2 Å². The van der Waals surface area contributed by atoms with Crippen LogP contribution in [0.15, 0.2) is 48.5 Å². The molecule has 2 atom stereocenters. The number of anilines is 1. The number of carbonyl (C=O) groups excluding carboxylic acids is 3. The Morgan fingerprint density at radius 3 is 2.14 bits per heavy atom. The molecule has 2 rings (SSSR count). The summed E-state index contributed by atoms with van der Waals surface area (Å²) in [6.07, 6.45) is 4.71. The van der Waals surface area contributed by atoms with Crippen LogP contribution in [-0.4, -0.2) is 48.1 Å². The van der Waals surface area contributed by atoms with Crippen molar-refractivity contribution in [3.05, 3.63) is 59.7 Å². The molecule has 2 aromatic carbocycles. The molecule has 0 heterocycles. The number of unbranched alkanes of at least 4 members (excludes halogenated alkanes) is 4. The molecule has 0 aliphatic rings. The van der Waals surface area contributed by atoms with Crippen molar-refractivity contribution in [2.45, 2.75) is 105 Å². The van der Waals surface area contributed by atoms with Gasteiger partial charge < -0.3 is 25.0 Å². The smallest absolute Gasteiger partial charge is 0.408 e. The van der Waals surface area contributed by atoms with Crippen LogP contribution in [-0.2, 0) is 14.3 Å². The monoisotopic (exact) mass is 581 g/mol. The first-order valence-corrected chi connectivity index (χ1v) is 15.2. The summed E-state index contributed by atoms with van der Waals surface area (Å²) < 4.78 is 10.8. The van der Waals surface area contributed by atoms with Crippen LogP contribution in [0.1, 0.15) is 97.2 Å². The van der Waals surface area contributed by atoms with Crippen molar-refractivity contribution < 1.29 is 23.9 Å². The molecule has 2 aromatic rings. The van der Waals surface area contributed by atoms with E-state index in [1.807, 2.05) is 45.0 Å². The Bertz CT molecular complexity index is 1140. The average Bonchev–Trinajstić information content (AvgIpc) is 2.91. The van der Waals surface area contributed by atoms with Crippen molar-refractivity contribution >= 4 is 23.6 Å². The number of nitrogens with one attached hydrogen (secondary N) is 2. The van der Waals surface area contributed by atoms with Crippen LogP contribution in [0.4, 0.5) is 10.5 Å². The van der Waals surface area contributed by atoms with Crippen LogP contribution in [0.3, 0.4) is 0 Å².